The highest BCUT2D eigenvalue weighted by Gasteiger charge is 2.34. The molecule has 0 saturated carbocycles. The molecule has 8 heteroatoms. The molecule has 0 amide bonds. The Hall–Kier alpha value is -0.770. The zero-order chi connectivity index (χ0) is 18.8. The van der Waals surface area contributed by atoms with E-state index in [2.05, 4.69) is 15.6 Å². The molecule has 1 aromatic carbocycles. The van der Waals surface area contributed by atoms with E-state index in [-0.39, 0.29) is 36.0 Å². The maximum absolute atomic E-state index is 9.36. The van der Waals surface area contributed by atoms with Gasteiger partial charge in [-0.3, -0.25) is 0 Å². The number of hydrogen-bond acceptors (Lipinski definition) is 4. The van der Waals surface area contributed by atoms with Crippen molar-refractivity contribution in [2.75, 3.05) is 39.5 Å². The van der Waals surface area contributed by atoms with Crippen LogP contribution in [0.5, 0.6) is 5.75 Å². The molecule has 154 valence electrons. The first-order chi connectivity index (χ1) is 12.6. The van der Waals surface area contributed by atoms with Crippen molar-refractivity contribution in [3.05, 3.63) is 28.8 Å². The molecule has 1 fully saturated rings. The third kappa shape index (κ3) is 7.63. The number of hydrogen-bond donors (Lipinski definition) is 3. The van der Waals surface area contributed by atoms with E-state index in [1.165, 1.54) is 0 Å². The maximum atomic E-state index is 9.36. The number of nitrogens with zero attached hydrogens (tertiary/aromatic N) is 1. The highest BCUT2D eigenvalue weighted by atomic mass is 127. The second-order valence-corrected chi connectivity index (χ2v) is 6.95. The number of nitrogens with one attached hydrogen (secondary N) is 2. The fourth-order valence-electron chi connectivity index (χ4n) is 3.04. The Morgan fingerprint density at radius 1 is 1.37 bits per heavy atom. The van der Waals surface area contributed by atoms with Crippen molar-refractivity contribution in [3.8, 4) is 5.75 Å². The average Bonchev–Trinajstić information content (AvgIpc) is 3.08. The summed E-state index contributed by atoms with van der Waals surface area (Å²) in [6, 6.07) is 5.61. The van der Waals surface area contributed by atoms with Crippen LogP contribution in [-0.2, 0) is 11.3 Å². The van der Waals surface area contributed by atoms with Crippen molar-refractivity contribution >= 4 is 41.5 Å². The Kier molecular flexibility index (Phi) is 11.4. The van der Waals surface area contributed by atoms with E-state index in [1.807, 2.05) is 32.0 Å². The van der Waals surface area contributed by atoms with Crippen LogP contribution in [0.1, 0.15) is 32.3 Å². The number of rotatable bonds is 9. The van der Waals surface area contributed by atoms with Crippen molar-refractivity contribution in [1.82, 2.24) is 10.6 Å². The van der Waals surface area contributed by atoms with Crippen molar-refractivity contribution in [2.24, 2.45) is 10.4 Å². The molecular weight excluding hydrogens is 481 g/mol. The molecule has 0 aromatic heterocycles. The van der Waals surface area contributed by atoms with Gasteiger partial charge < -0.3 is 25.2 Å². The molecule has 1 aliphatic heterocycles. The summed E-state index contributed by atoms with van der Waals surface area (Å²) in [7, 11) is 0. The fraction of sp³-hybridized carbons (Fsp3) is 0.632. The predicted octanol–water partition coefficient (Wildman–Crippen LogP) is 3.20. The molecular formula is C19H31ClIN3O3. The van der Waals surface area contributed by atoms with Gasteiger partial charge >= 0.3 is 0 Å². The quantitative estimate of drug-likeness (QED) is 0.270. The Bertz CT molecular complexity index is 596. The van der Waals surface area contributed by atoms with E-state index < -0.39 is 0 Å². The van der Waals surface area contributed by atoms with Crippen LogP contribution in [0.15, 0.2) is 23.2 Å². The van der Waals surface area contributed by atoms with E-state index in [9.17, 15) is 5.11 Å². The van der Waals surface area contributed by atoms with Crippen LogP contribution in [-0.4, -0.2) is 50.6 Å². The van der Waals surface area contributed by atoms with Gasteiger partial charge in [-0.1, -0.05) is 17.7 Å². The first-order valence-corrected chi connectivity index (χ1v) is 9.62. The lowest BCUT2D eigenvalue weighted by Gasteiger charge is -2.27. The number of guanidine groups is 1. The summed E-state index contributed by atoms with van der Waals surface area (Å²) in [6.07, 6.45) is 1.68. The fourth-order valence-corrected chi connectivity index (χ4v) is 3.20. The van der Waals surface area contributed by atoms with E-state index in [1.54, 1.807) is 0 Å². The summed E-state index contributed by atoms with van der Waals surface area (Å²) in [5.41, 5.74) is 0.963. The molecule has 3 N–H and O–H groups in total. The van der Waals surface area contributed by atoms with Crippen LogP contribution in [0, 0.1) is 5.41 Å². The topological polar surface area (TPSA) is 75.1 Å². The standard InChI is InChI=1S/C19H30ClN3O3.HI/c1-3-21-18(23-13-19(7-9-24)8-10-25-14-19)22-12-15-5-6-16(20)11-17(15)26-4-2;/h5-6,11,24H,3-4,7-10,12-14H2,1-2H3,(H2,21,22,23);1H. The van der Waals surface area contributed by atoms with Gasteiger partial charge in [0.2, 0.25) is 0 Å². The number of aliphatic imine (C=N–C) groups is 1. The zero-order valence-corrected chi connectivity index (χ0v) is 19.2. The van der Waals surface area contributed by atoms with Gasteiger partial charge in [-0.05, 0) is 38.8 Å². The van der Waals surface area contributed by atoms with Gasteiger partial charge in [-0.25, -0.2) is 4.99 Å². The molecule has 1 aliphatic rings. The third-order valence-electron chi connectivity index (χ3n) is 4.54. The maximum Gasteiger partial charge on any atom is 0.191 e. The Morgan fingerprint density at radius 2 is 2.19 bits per heavy atom. The monoisotopic (exact) mass is 511 g/mol. The zero-order valence-electron chi connectivity index (χ0n) is 16.1. The molecule has 0 spiro atoms. The van der Waals surface area contributed by atoms with Gasteiger partial charge in [-0.15, -0.1) is 24.0 Å². The van der Waals surface area contributed by atoms with Crippen molar-refractivity contribution in [3.63, 3.8) is 0 Å². The predicted molar refractivity (Wildman–Crippen MR) is 120 cm³/mol. The van der Waals surface area contributed by atoms with Gasteiger partial charge in [-0.2, -0.15) is 0 Å². The minimum atomic E-state index is -0.0261. The number of ether oxygens (including phenoxy) is 2. The normalized spacial score (nSPS) is 19.5. The summed E-state index contributed by atoms with van der Waals surface area (Å²) >= 11 is 6.06. The first kappa shape index (κ1) is 24.3. The number of aliphatic hydroxyl groups excluding tert-OH is 1. The lowest BCUT2D eigenvalue weighted by atomic mass is 9.84. The summed E-state index contributed by atoms with van der Waals surface area (Å²) in [5, 5.41) is 16.7. The Morgan fingerprint density at radius 3 is 2.81 bits per heavy atom. The van der Waals surface area contributed by atoms with Crippen molar-refractivity contribution in [2.45, 2.75) is 33.2 Å². The van der Waals surface area contributed by atoms with Crippen LogP contribution in [0.4, 0.5) is 0 Å². The van der Waals surface area contributed by atoms with Crippen molar-refractivity contribution < 1.29 is 14.6 Å². The Labute approximate surface area is 184 Å². The molecule has 1 unspecified atom stereocenters. The molecule has 2 rings (SSSR count). The van der Waals surface area contributed by atoms with Crippen LogP contribution in [0.3, 0.4) is 0 Å². The lowest BCUT2D eigenvalue weighted by Crippen LogP contribution is -2.44. The van der Waals surface area contributed by atoms with Gasteiger partial charge in [0.05, 0.1) is 19.8 Å². The minimum absolute atomic E-state index is 0. The van der Waals surface area contributed by atoms with E-state index in [4.69, 9.17) is 21.1 Å². The lowest BCUT2D eigenvalue weighted by molar-refractivity contribution is 0.127. The number of benzene rings is 1. The van der Waals surface area contributed by atoms with Crippen LogP contribution in [0.2, 0.25) is 5.02 Å². The second-order valence-electron chi connectivity index (χ2n) is 6.51. The van der Waals surface area contributed by atoms with Gasteiger partial charge in [0.25, 0.3) is 0 Å². The smallest absolute Gasteiger partial charge is 0.191 e. The summed E-state index contributed by atoms with van der Waals surface area (Å²) in [5.74, 6) is 1.51. The summed E-state index contributed by atoms with van der Waals surface area (Å²) in [4.78, 5) is 4.68. The van der Waals surface area contributed by atoms with Crippen LogP contribution < -0.4 is 15.4 Å². The molecule has 27 heavy (non-hydrogen) atoms. The highest BCUT2D eigenvalue weighted by molar-refractivity contribution is 14.0. The van der Waals surface area contributed by atoms with E-state index in [0.717, 1.165) is 49.8 Å². The molecule has 0 bridgehead atoms. The van der Waals surface area contributed by atoms with Gasteiger partial charge in [0.1, 0.15) is 5.75 Å². The van der Waals surface area contributed by atoms with Crippen LogP contribution >= 0.6 is 35.6 Å². The average molecular weight is 512 g/mol. The summed E-state index contributed by atoms with van der Waals surface area (Å²) in [6.45, 7) is 8.14. The number of halogens is 2. The Balaban J connectivity index is 0.00000364. The molecule has 0 aliphatic carbocycles. The largest absolute Gasteiger partial charge is 0.493 e. The first-order valence-electron chi connectivity index (χ1n) is 9.24. The second kappa shape index (κ2) is 12.6. The van der Waals surface area contributed by atoms with Crippen molar-refractivity contribution in [1.29, 1.82) is 0 Å². The van der Waals surface area contributed by atoms with Crippen LogP contribution in [0.25, 0.3) is 0 Å². The molecule has 1 heterocycles. The molecule has 0 radical (unpaired) electrons. The van der Waals surface area contributed by atoms with Gasteiger partial charge in [0.15, 0.2) is 5.96 Å². The van der Waals surface area contributed by atoms with E-state index in [0.29, 0.717) is 24.8 Å². The minimum Gasteiger partial charge on any atom is -0.493 e. The molecule has 1 atom stereocenters. The molecule has 6 nitrogen and oxygen atoms in total. The number of aliphatic hydroxyl groups is 1. The molecule has 1 aromatic rings. The van der Waals surface area contributed by atoms with E-state index >= 15 is 0 Å². The van der Waals surface area contributed by atoms with Gasteiger partial charge in [0, 0.05) is 42.3 Å². The highest BCUT2D eigenvalue weighted by Crippen LogP contribution is 2.31. The molecule has 1 saturated heterocycles. The third-order valence-corrected chi connectivity index (χ3v) is 4.77. The summed E-state index contributed by atoms with van der Waals surface area (Å²) < 4.78 is 11.2. The SMILES string of the molecule is CCNC(=NCc1ccc(Cl)cc1OCC)NCC1(CCO)CCOC1.I.